The standard InChI is InChI=1S/C20H24FN3O4S/c1-4-24(5-2)29(27,28)18-12-6-15(7-13-18)20(26)23(3)14-19(25)22-17-10-8-16(21)9-11-17/h6-13H,4-5,14H2,1-3H3,(H,22,25). The molecule has 0 spiro atoms. The van der Waals surface area contributed by atoms with Gasteiger partial charge >= 0.3 is 0 Å². The van der Waals surface area contributed by atoms with Crippen LogP contribution in [0.3, 0.4) is 0 Å². The first-order valence-corrected chi connectivity index (χ1v) is 10.5. The van der Waals surface area contributed by atoms with E-state index < -0.39 is 27.7 Å². The highest BCUT2D eigenvalue weighted by Crippen LogP contribution is 2.17. The number of hydrogen-bond donors (Lipinski definition) is 1. The van der Waals surface area contributed by atoms with E-state index in [0.29, 0.717) is 18.8 Å². The summed E-state index contributed by atoms with van der Waals surface area (Å²) in [5.74, 6) is -1.28. The van der Waals surface area contributed by atoms with Crippen molar-refractivity contribution in [2.24, 2.45) is 0 Å². The van der Waals surface area contributed by atoms with Crippen molar-refractivity contribution in [1.82, 2.24) is 9.21 Å². The summed E-state index contributed by atoms with van der Waals surface area (Å²) in [5, 5.41) is 2.58. The summed E-state index contributed by atoms with van der Waals surface area (Å²) in [6.45, 7) is 4.00. The first-order chi connectivity index (χ1) is 13.7. The van der Waals surface area contributed by atoms with Crippen LogP contribution < -0.4 is 5.32 Å². The van der Waals surface area contributed by atoms with Gasteiger partial charge in [-0.25, -0.2) is 12.8 Å². The fourth-order valence-electron chi connectivity index (χ4n) is 2.72. The lowest BCUT2D eigenvalue weighted by Crippen LogP contribution is -2.35. The summed E-state index contributed by atoms with van der Waals surface area (Å²) in [5.41, 5.74) is 0.684. The molecule has 0 radical (unpaired) electrons. The molecule has 0 bridgehead atoms. The Bertz CT molecular complexity index is 956. The number of nitrogens with zero attached hydrogens (tertiary/aromatic N) is 2. The smallest absolute Gasteiger partial charge is 0.254 e. The monoisotopic (exact) mass is 421 g/mol. The number of rotatable bonds is 8. The number of amides is 2. The van der Waals surface area contributed by atoms with Gasteiger partial charge in [-0.1, -0.05) is 13.8 Å². The molecule has 2 amide bonds. The maximum Gasteiger partial charge on any atom is 0.254 e. The minimum Gasteiger partial charge on any atom is -0.332 e. The molecule has 0 atom stereocenters. The van der Waals surface area contributed by atoms with E-state index in [1.54, 1.807) is 13.8 Å². The Morgan fingerprint density at radius 2 is 1.52 bits per heavy atom. The molecule has 0 fully saturated rings. The van der Waals surface area contributed by atoms with E-state index in [4.69, 9.17) is 0 Å². The molecule has 2 rings (SSSR count). The molecule has 2 aromatic carbocycles. The molecule has 0 aliphatic heterocycles. The van der Waals surface area contributed by atoms with Crippen molar-refractivity contribution >= 4 is 27.5 Å². The lowest BCUT2D eigenvalue weighted by Gasteiger charge is -2.19. The van der Waals surface area contributed by atoms with Gasteiger partial charge in [-0.15, -0.1) is 0 Å². The maximum atomic E-state index is 12.9. The number of carbonyl (C=O) groups excluding carboxylic acids is 2. The summed E-state index contributed by atoms with van der Waals surface area (Å²) in [7, 11) is -2.14. The number of benzene rings is 2. The zero-order chi connectivity index (χ0) is 21.6. The summed E-state index contributed by atoms with van der Waals surface area (Å²) in [4.78, 5) is 25.9. The van der Waals surface area contributed by atoms with Crippen molar-refractivity contribution in [2.75, 3.05) is 32.0 Å². The predicted octanol–water partition coefficient (Wildman–Crippen LogP) is 2.57. The van der Waals surface area contributed by atoms with Gasteiger partial charge in [0.1, 0.15) is 5.82 Å². The molecule has 7 nitrogen and oxygen atoms in total. The zero-order valence-electron chi connectivity index (χ0n) is 16.6. The van der Waals surface area contributed by atoms with Crippen LogP contribution in [0.1, 0.15) is 24.2 Å². The van der Waals surface area contributed by atoms with E-state index in [0.717, 1.165) is 0 Å². The third-order valence-corrected chi connectivity index (χ3v) is 6.36. The Morgan fingerprint density at radius 1 is 0.966 bits per heavy atom. The minimum absolute atomic E-state index is 0.106. The van der Waals surface area contributed by atoms with Crippen LogP contribution in [-0.2, 0) is 14.8 Å². The summed E-state index contributed by atoms with van der Waals surface area (Å²) in [6, 6.07) is 10.9. The average Bonchev–Trinajstić information content (AvgIpc) is 2.70. The van der Waals surface area contributed by atoms with Gasteiger partial charge in [0, 0.05) is 31.4 Å². The van der Waals surface area contributed by atoms with Gasteiger partial charge in [-0.3, -0.25) is 9.59 Å². The van der Waals surface area contributed by atoms with E-state index in [1.807, 2.05) is 0 Å². The normalized spacial score (nSPS) is 11.3. The van der Waals surface area contributed by atoms with Crippen molar-refractivity contribution in [2.45, 2.75) is 18.7 Å². The van der Waals surface area contributed by atoms with Gasteiger partial charge in [0.25, 0.3) is 5.91 Å². The van der Waals surface area contributed by atoms with Crippen LogP contribution >= 0.6 is 0 Å². The van der Waals surface area contributed by atoms with Crippen LogP contribution in [0.5, 0.6) is 0 Å². The molecule has 0 aromatic heterocycles. The van der Waals surface area contributed by atoms with Gasteiger partial charge in [0.2, 0.25) is 15.9 Å². The van der Waals surface area contributed by atoms with Crippen molar-refractivity contribution in [3.63, 3.8) is 0 Å². The first-order valence-electron chi connectivity index (χ1n) is 9.10. The van der Waals surface area contributed by atoms with Gasteiger partial charge in [0.05, 0.1) is 11.4 Å². The lowest BCUT2D eigenvalue weighted by atomic mass is 10.2. The molecule has 2 aromatic rings. The highest BCUT2D eigenvalue weighted by molar-refractivity contribution is 7.89. The first kappa shape index (κ1) is 22.5. The van der Waals surface area contributed by atoms with Crippen molar-refractivity contribution in [3.05, 3.63) is 59.9 Å². The van der Waals surface area contributed by atoms with Crippen LogP contribution in [0.25, 0.3) is 0 Å². The van der Waals surface area contributed by atoms with E-state index in [2.05, 4.69) is 5.32 Å². The van der Waals surface area contributed by atoms with Gasteiger partial charge in [0.15, 0.2) is 0 Å². The molecule has 156 valence electrons. The van der Waals surface area contributed by atoms with Crippen LogP contribution in [0.4, 0.5) is 10.1 Å². The number of hydrogen-bond acceptors (Lipinski definition) is 4. The van der Waals surface area contributed by atoms with Crippen molar-refractivity contribution in [1.29, 1.82) is 0 Å². The lowest BCUT2D eigenvalue weighted by molar-refractivity contribution is -0.116. The molecule has 9 heteroatoms. The second-order valence-electron chi connectivity index (χ2n) is 6.33. The number of nitrogens with one attached hydrogen (secondary N) is 1. The number of likely N-dealkylation sites (N-methyl/N-ethyl adjacent to an activating group) is 1. The Labute approximate surface area is 170 Å². The van der Waals surface area contributed by atoms with Crippen LogP contribution in [0.2, 0.25) is 0 Å². The zero-order valence-corrected chi connectivity index (χ0v) is 17.4. The molecule has 0 unspecified atom stereocenters. The maximum absolute atomic E-state index is 12.9. The summed E-state index contributed by atoms with van der Waals surface area (Å²) in [6.07, 6.45) is 0. The highest BCUT2D eigenvalue weighted by Gasteiger charge is 2.22. The van der Waals surface area contributed by atoms with Crippen molar-refractivity contribution in [3.8, 4) is 0 Å². The Hall–Kier alpha value is -2.78. The third-order valence-electron chi connectivity index (χ3n) is 4.30. The molecule has 0 aliphatic rings. The minimum atomic E-state index is -3.60. The SMILES string of the molecule is CCN(CC)S(=O)(=O)c1ccc(C(=O)N(C)CC(=O)Nc2ccc(F)cc2)cc1. The quantitative estimate of drug-likeness (QED) is 0.710. The Kier molecular flexibility index (Phi) is 7.46. The Balaban J connectivity index is 2.03. The average molecular weight is 421 g/mol. The second-order valence-corrected chi connectivity index (χ2v) is 8.27. The number of anilines is 1. The summed E-state index contributed by atoms with van der Waals surface area (Å²) < 4.78 is 39.2. The van der Waals surface area contributed by atoms with Crippen LogP contribution in [-0.4, -0.2) is 56.1 Å². The predicted molar refractivity (Wildman–Crippen MR) is 109 cm³/mol. The molecular weight excluding hydrogens is 397 g/mol. The fourth-order valence-corrected chi connectivity index (χ4v) is 4.18. The fraction of sp³-hybridized carbons (Fsp3) is 0.300. The van der Waals surface area contributed by atoms with E-state index >= 15 is 0 Å². The number of halogens is 1. The van der Waals surface area contributed by atoms with E-state index in [9.17, 15) is 22.4 Å². The van der Waals surface area contributed by atoms with Crippen molar-refractivity contribution < 1.29 is 22.4 Å². The number of carbonyl (C=O) groups is 2. The van der Waals surface area contributed by atoms with E-state index in [1.165, 1.54) is 64.8 Å². The van der Waals surface area contributed by atoms with Crippen LogP contribution in [0.15, 0.2) is 53.4 Å². The molecule has 0 heterocycles. The molecule has 1 N–H and O–H groups in total. The molecule has 0 saturated heterocycles. The van der Waals surface area contributed by atoms with E-state index in [-0.39, 0.29) is 17.0 Å². The topological polar surface area (TPSA) is 86.8 Å². The highest BCUT2D eigenvalue weighted by atomic mass is 32.2. The van der Waals surface area contributed by atoms with Gasteiger partial charge < -0.3 is 10.2 Å². The number of sulfonamides is 1. The molecule has 29 heavy (non-hydrogen) atoms. The Morgan fingerprint density at radius 3 is 2.03 bits per heavy atom. The third kappa shape index (κ3) is 5.61. The summed E-state index contributed by atoms with van der Waals surface area (Å²) >= 11 is 0. The second kappa shape index (κ2) is 9.62. The molecular formula is C20H24FN3O4S. The molecule has 0 aliphatic carbocycles. The van der Waals surface area contributed by atoms with Crippen LogP contribution in [0, 0.1) is 5.82 Å². The van der Waals surface area contributed by atoms with Gasteiger partial charge in [-0.05, 0) is 48.5 Å². The van der Waals surface area contributed by atoms with Gasteiger partial charge in [-0.2, -0.15) is 4.31 Å². The largest absolute Gasteiger partial charge is 0.332 e. The molecule has 0 saturated carbocycles.